The van der Waals surface area contributed by atoms with Gasteiger partial charge in [0.15, 0.2) is 0 Å². The molecule has 0 spiro atoms. The summed E-state index contributed by atoms with van der Waals surface area (Å²) >= 11 is 3.16. The van der Waals surface area contributed by atoms with Gasteiger partial charge in [0.25, 0.3) is 0 Å². The van der Waals surface area contributed by atoms with Crippen LogP contribution < -0.4 is 21.3 Å². The third-order valence-electron chi connectivity index (χ3n) is 8.14. The first-order chi connectivity index (χ1) is 23.0. The Morgan fingerprint density at radius 3 is 1.66 bits per heavy atom. The molecule has 4 aromatic rings. The number of carbonyl (C=O) groups is 2. The molecule has 4 heterocycles. The van der Waals surface area contributed by atoms with Crippen molar-refractivity contribution in [1.82, 2.24) is 20.6 Å². The van der Waals surface area contributed by atoms with E-state index < -0.39 is 12.2 Å². The van der Waals surface area contributed by atoms with Crippen LogP contribution in [-0.4, -0.2) is 61.5 Å². The summed E-state index contributed by atoms with van der Waals surface area (Å²) in [6.07, 6.45) is 4.35. The lowest BCUT2D eigenvalue weighted by Gasteiger charge is -2.22. The second kappa shape index (κ2) is 17.9. The molecule has 2 aliphatic heterocycles. The molecule has 0 saturated carbocycles. The first-order valence-corrected chi connectivity index (χ1v) is 18.1. The summed E-state index contributed by atoms with van der Waals surface area (Å²) in [5.41, 5.74) is 5.37. The number of piperidine rings is 2. The van der Waals surface area contributed by atoms with Gasteiger partial charge in [0, 0.05) is 27.6 Å². The maximum atomic E-state index is 12.1. The number of carbonyl (C=O) groups excluding carboxylic acids is 2. The first-order valence-electron chi connectivity index (χ1n) is 16.3. The number of benzene rings is 2. The molecular weight excluding hydrogens is 633 g/mol. The van der Waals surface area contributed by atoms with Crippen LogP contribution in [0, 0.1) is 18.8 Å². The molecule has 0 radical (unpaired) electrons. The van der Waals surface area contributed by atoms with Crippen LogP contribution in [0.5, 0.6) is 0 Å². The highest BCUT2D eigenvalue weighted by molar-refractivity contribution is 7.13. The molecular formula is C35H44N6O4S2. The molecule has 2 fully saturated rings. The first kappa shape index (κ1) is 34.5. The van der Waals surface area contributed by atoms with Gasteiger partial charge in [-0.15, -0.1) is 22.7 Å². The summed E-state index contributed by atoms with van der Waals surface area (Å²) in [7, 11) is 0. The molecule has 10 nitrogen and oxygen atoms in total. The molecule has 0 bridgehead atoms. The minimum atomic E-state index is -0.399. The third kappa shape index (κ3) is 10.6. The molecule has 0 unspecified atom stereocenters. The van der Waals surface area contributed by atoms with Crippen LogP contribution in [0.3, 0.4) is 0 Å². The van der Waals surface area contributed by atoms with Crippen LogP contribution in [0.1, 0.15) is 44.0 Å². The van der Waals surface area contributed by atoms with E-state index in [-0.39, 0.29) is 0 Å². The number of thiazole rings is 2. The summed E-state index contributed by atoms with van der Waals surface area (Å²) in [5, 5.41) is 18.2. The van der Waals surface area contributed by atoms with Gasteiger partial charge >= 0.3 is 12.2 Å². The summed E-state index contributed by atoms with van der Waals surface area (Å²) in [5.74, 6) is 0.914. The van der Waals surface area contributed by atoms with Crippen molar-refractivity contribution < 1.29 is 19.1 Å². The van der Waals surface area contributed by atoms with E-state index in [0.29, 0.717) is 25.0 Å². The van der Waals surface area contributed by atoms with E-state index in [0.717, 1.165) is 102 Å². The Morgan fingerprint density at radius 1 is 0.745 bits per heavy atom. The predicted molar refractivity (Wildman–Crippen MR) is 190 cm³/mol. The lowest BCUT2D eigenvalue weighted by atomic mass is 9.99. The third-order valence-corrected chi connectivity index (χ3v) is 10.1. The molecule has 2 amide bonds. The number of aryl methyl sites for hydroxylation is 2. The fourth-order valence-electron chi connectivity index (χ4n) is 5.40. The van der Waals surface area contributed by atoms with E-state index in [1.165, 1.54) is 0 Å². The van der Waals surface area contributed by atoms with E-state index in [9.17, 15) is 9.59 Å². The van der Waals surface area contributed by atoms with E-state index in [4.69, 9.17) is 9.47 Å². The lowest BCUT2D eigenvalue weighted by Crippen LogP contribution is -2.31. The van der Waals surface area contributed by atoms with Gasteiger partial charge in [0.2, 0.25) is 0 Å². The number of anilines is 2. The van der Waals surface area contributed by atoms with Crippen LogP contribution in [0.15, 0.2) is 59.3 Å². The van der Waals surface area contributed by atoms with Crippen molar-refractivity contribution in [3.63, 3.8) is 0 Å². The van der Waals surface area contributed by atoms with Crippen molar-refractivity contribution in [2.45, 2.75) is 46.0 Å². The molecule has 0 atom stereocenters. The van der Waals surface area contributed by atoms with Crippen LogP contribution >= 0.6 is 22.7 Å². The van der Waals surface area contributed by atoms with Crippen molar-refractivity contribution in [3.05, 3.63) is 70.7 Å². The summed E-state index contributed by atoms with van der Waals surface area (Å²) in [4.78, 5) is 33.3. The largest absolute Gasteiger partial charge is 0.449 e. The Labute approximate surface area is 284 Å². The molecule has 6 rings (SSSR count). The van der Waals surface area contributed by atoms with Gasteiger partial charge in [0.05, 0.1) is 30.3 Å². The number of hydrogen-bond donors (Lipinski definition) is 4. The lowest BCUT2D eigenvalue weighted by molar-refractivity contribution is 0.130. The number of rotatable bonds is 9. The maximum absolute atomic E-state index is 12.1. The molecule has 4 N–H and O–H groups in total. The van der Waals surface area contributed by atoms with E-state index in [2.05, 4.69) is 43.5 Å². The Kier molecular flexibility index (Phi) is 13.1. The average Bonchev–Trinajstić information content (AvgIpc) is 3.77. The molecule has 0 aliphatic carbocycles. The minimum Gasteiger partial charge on any atom is -0.449 e. The standard InChI is InChI=1S/C18H23N3O2S.C17H21N3O2S/c1-2-14-12-24-17(20-14)15-5-3-4-6-16(15)21-18(22)23-11-13-7-9-19-10-8-13;1-12-11-23-16(19-12)14-4-2-3-5-15(14)20-17(21)22-10-13-6-8-18-9-7-13/h3-6,12-13,19H,2,7-11H2,1H3,(H,21,22);2-5,11,13,18H,6-10H2,1H3,(H,20,21). The van der Waals surface area contributed by atoms with E-state index in [1.54, 1.807) is 22.7 Å². The van der Waals surface area contributed by atoms with Crippen LogP contribution in [0.4, 0.5) is 21.0 Å². The topological polar surface area (TPSA) is 126 Å². The number of para-hydroxylation sites is 2. The molecule has 2 aromatic heterocycles. The van der Waals surface area contributed by atoms with Gasteiger partial charge in [-0.25, -0.2) is 19.6 Å². The maximum Gasteiger partial charge on any atom is 0.411 e. The number of amides is 2. The fraction of sp³-hybridized carbons (Fsp3) is 0.429. The van der Waals surface area contributed by atoms with E-state index in [1.807, 2.05) is 60.8 Å². The second-order valence-electron chi connectivity index (χ2n) is 11.7. The zero-order chi connectivity index (χ0) is 32.8. The number of ether oxygens (including phenoxy) is 2. The molecule has 12 heteroatoms. The predicted octanol–water partition coefficient (Wildman–Crippen LogP) is 7.59. The highest BCUT2D eigenvalue weighted by Gasteiger charge is 2.18. The summed E-state index contributed by atoms with van der Waals surface area (Å²) in [6.45, 7) is 9.01. The van der Waals surface area contributed by atoms with Crippen LogP contribution in [-0.2, 0) is 15.9 Å². The summed E-state index contributed by atoms with van der Waals surface area (Å²) in [6, 6.07) is 15.4. The highest BCUT2D eigenvalue weighted by atomic mass is 32.1. The molecule has 250 valence electrons. The SMILES string of the molecule is CCc1csc(-c2ccccc2NC(=O)OCC2CCNCC2)n1.Cc1csc(-c2ccccc2NC(=O)OCC2CCNCC2)n1. The number of nitrogens with zero attached hydrogens (tertiary/aromatic N) is 2. The Balaban J connectivity index is 0.000000185. The van der Waals surface area contributed by atoms with Crippen molar-refractivity contribution >= 4 is 46.2 Å². The highest BCUT2D eigenvalue weighted by Crippen LogP contribution is 2.32. The van der Waals surface area contributed by atoms with Gasteiger partial charge in [-0.3, -0.25) is 10.6 Å². The molecule has 2 aliphatic rings. The zero-order valence-electron chi connectivity index (χ0n) is 27.1. The molecule has 2 aromatic carbocycles. The van der Waals surface area contributed by atoms with Crippen molar-refractivity contribution in [2.75, 3.05) is 50.0 Å². The summed E-state index contributed by atoms with van der Waals surface area (Å²) < 4.78 is 10.8. The van der Waals surface area contributed by atoms with Crippen LogP contribution in [0.2, 0.25) is 0 Å². The number of nitrogens with one attached hydrogen (secondary N) is 4. The van der Waals surface area contributed by atoms with Gasteiger partial charge in [-0.1, -0.05) is 31.2 Å². The zero-order valence-corrected chi connectivity index (χ0v) is 28.7. The number of aromatic nitrogens is 2. The van der Waals surface area contributed by atoms with Crippen molar-refractivity contribution in [2.24, 2.45) is 11.8 Å². The van der Waals surface area contributed by atoms with Gasteiger partial charge in [-0.2, -0.15) is 0 Å². The van der Waals surface area contributed by atoms with Crippen LogP contribution in [0.25, 0.3) is 21.1 Å². The van der Waals surface area contributed by atoms with Crippen molar-refractivity contribution in [1.29, 1.82) is 0 Å². The second-order valence-corrected chi connectivity index (χ2v) is 13.4. The smallest absolute Gasteiger partial charge is 0.411 e. The Bertz CT molecular complexity index is 1580. The van der Waals surface area contributed by atoms with E-state index >= 15 is 0 Å². The normalized spacial score (nSPS) is 15.3. The molecule has 2 saturated heterocycles. The quantitative estimate of drug-likeness (QED) is 0.143. The minimum absolute atomic E-state index is 0.395. The Hall–Kier alpha value is -3.84. The monoisotopic (exact) mass is 676 g/mol. The fourth-order valence-corrected chi connectivity index (χ4v) is 7.18. The van der Waals surface area contributed by atoms with Gasteiger partial charge in [-0.05, 0) is 101 Å². The number of hydrogen-bond acceptors (Lipinski definition) is 10. The average molecular weight is 677 g/mol. The van der Waals surface area contributed by atoms with Gasteiger partial charge in [0.1, 0.15) is 10.0 Å². The molecule has 47 heavy (non-hydrogen) atoms. The van der Waals surface area contributed by atoms with Gasteiger partial charge < -0.3 is 20.1 Å². The Morgan fingerprint density at radius 2 is 1.21 bits per heavy atom. The van der Waals surface area contributed by atoms with Crippen molar-refractivity contribution in [3.8, 4) is 21.1 Å².